The molecular weight excluding hydrogens is 282 g/mol. The highest BCUT2D eigenvalue weighted by atomic mass is 19.4. The van der Waals surface area contributed by atoms with Crippen molar-refractivity contribution < 1.29 is 17.6 Å². The fourth-order valence-electron chi connectivity index (χ4n) is 2.21. The molecule has 0 unspecified atom stereocenters. The third kappa shape index (κ3) is 3.97. The highest BCUT2D eigenvalue weighted by Crippen LogP contribution is 2.31. The summed E-state index contributed by atoms with van der Waals surface area (Å²) in [6.07, 6.45) is -4.48. The molecule has 1 nitrogen and oxygen atoms in total. The van der Waals surface area contributed by atoms with Crippen molar-refractivity contribution in [3.8, 4) is 0 Å². The highest BCUT2D eigenvalue weighted by molar-refractivity contribution is 5.48. The summed E-state index contributed by atoms with van der Waals surface area (Å²) in [6, 6.07) is 8.16. The Morgan fingerprint density at radius 1 is 0.952 bits per heavy atom. The molecule has 5 heteroatoms. The van der Waals surface area contributed by atoms with Crippen molar-refractivity contribution in [2.45, 2.75) is 26.6 Å². The lowest BCUT2D eigenvalue weighted by Gasteiger charge is -2.12. The second kappa shape index (κ2) is 5.76. The van der Waals surface area contributed by atoms with Crippen LogP contribution < -0.4 is 5.32 Å². The summed E-state index contributed by atoms with van der Waals surface area (Å²) in [6.45, 7) is 4.13. The van der Waals surface area contributed by atoms with E-state index in [0.29, 0.717) is 0 Å². The second-order valence-corrected chi connectivity index (χ2v) is 5.04. The average molecular weight is 297 g/mol. The van der Waals surface area contributed by atoms with E-state index in [1.807, 2.05) is 32.0 Å². The van der Waals surface area contributed by atoms with E-state index in [0.717, 1.165) is 34.9 Å². The zero-order chi connectivity index (χ0) is 15.6. The summed E-state index contributed by atoms with van der Waals surface area (Å²) in [4.78, 5) is 0. The number of aryl methyl sites for hydroxylation is 2. The van der Waals surface area contributed by atoms with E-state index >= 15 is 0 Å². The molecule has 2 aromatic rings. The number of alkyl halides is 3. The number of anilines is 1. The van der Waals surface area contributed by atoms with Gasteiger partial charge < -0.3 is 5.32 Å². The molecule has 0 radical (unpaired) electrons. The SMILES string of the molecule is Cc1cc(C)cc(CNc2cc(C(F)(F)F)ccc2F)c1. The van der Waals surface area contributed by atoms with Crippen LogP contribution in [0.5, 0.6) is 0 Å². The lowest BCUT2D eigenvalue weighted by Crippen LogP contribution is -2.08. The summed E-state index contributed by atoms with van der Waals surface area (Å²) in [5, 5.41) is 2.72. The van der Waals surface area contributed by atoms with Crippen LogP contribution in [0.4, 0.5) is 23.2 Å². The summed E-state index contributed by atoms with van der Waals surface area (Å²) in [5.74, 6) is -0.702. The fraction of sp³-hybridized carbons (Fsp3) is 0.250. The molecule has 2 aromatic carbocycles. The number of hydrogen-bond acceptors (Lipinski definition) is 1. The third-order valence-corrected chi connectivity index (χ3v) is 3.06. The predicted octanol–water partition coefficient (Wildman–Crippen LogP) is 5.07. The van der Waals surface area contributed by atoms with Crippen LogP contribution in [0.2, 0.25) is 0 Å². The largest absolute Gasteiger partial charge is 0.416 e. The molecule has 0 saturated carbocycles. The Kier molecular flexibility index (Phi) is 4.21. The molecule has 0 atom stereocenters. The summed E-state index contributed by atoms with van der Waals surface area (Å²) in [5.41, 5.74) is 1.98. The van der Waals surface area contributed by atoms with E-state index in [1.54, 1.807) is 0 Å². The van der Waals surface area contributed by atoms with Gasteiger partial charge >= 0.3 is 6.18 Å². The molecule has 0 amide bonds. The Bertz CT molecular complexity index is 627. The quantitative estimate of drug-likeness (QED) is 0.780. The maximum Gasteiger partial charge on any atom is 0.416 e. The standard InChI is InChI=1S/C16H15F4N/c1-10-5-11(2)7-12(6-10)9-21-15-8-13(16(18,19)20)3-4-14(15)17/h3-8,21H,9H2,1-2H3. The molecular formula is C16H15F4N. The van der Waals surface area contributed by atoms with E-state index < -0.39 is 17.6 Å². The first-order valence-electron chi connectivity index (χ1n) is 6.43. The van der Waals surface area contributed by atoms with Gasteiger partial charge in [-0.15, -0.1) is 0 Å². The number of nitrogens with one attached hydrogen (secondary N) is 1. The Balaban J connectivity index is 2.19. The minimum Gasteiger partial charge on any atom is -0.379 e. The Morgan fingerprint density at radius 2 is 1.57 bits per heavy atom. The van der Waals surface area contributed by atoms with Crippen molar-refractivity contribution >= 4 is 5.69 Å². The first-order valence-corrected chi connectivity index (χ1v) is 6.43. The highest BCUT2D eigenvalue weighted by Gasteiger charge is 2.31. The van der Waals surface area contributed by atoms with Gasteiger partial charge in [-0.1, -0.05) is 29.3 Å². The lowest BCUT2D eigenvalue weighted by molar-refractivity contribution is -0.137. The van der Waals surface area contributed by atoms with Crippen LogP contribution in [0.1, 0.15) is 22.3 Å². The van der Waals surface area contributed by atoms with Gasteiger partial charge in [-0.2, -0.15) is 13.2 Å². The maximum absolute atomic E-state index is 13.6. The molecule has 0 aliphatic heterocycles. The van der Waals surface area contributed by atoms with Crippen LogP contribution in [0, 0.1) is 19.7 Å². The molecule has 2 rings (SSSR count). The van der Waals surface area contributed by atoms with Crippen molar-refractivity contribution in [2.75, 3.05) is 5.32 Å². The van der Waals surface area contributed by atoms with Gasteiger partial charge in [0.15, 0.2) is 0 Å². The van der Waals surface area contributed by atoms with Crippen LogP contribution in [0.15, 0.2) is 36.4 Å². The van der Waals surface area contributed by atoms with Crippen LogP contribution in [-0.4, -0.2) is 0 Å². The normalized spacial score (nSPS) is 11.5. The van der Waals surface area contributed by atoms with Gasteiger partial charge in [-0.3, -0.25) is 0 Å². The van der Waals surface area contributed by atoms with E-state index in [2.05, 4.69) is 5.32 Å². The molecule has 112 valence electrons. The first kappa shape index (κ1) is 15.4. The molecule has 0 bridgehead atoms. The molecule has 21 heavy (non-hydrogen) atoms. The van der Waals surface area contributed by atoms with Crippen molar-refractivity contribution in [1.29, 1.82) is 0 Å². The summed E-state index contributed by atoms with van der Waals surface area (Å²) < 4.78 is 51.4. The first-order chi connectivity index (χ1) is 9.75. The molecule has 1 N–H and O–H groups in total. The maximum atomic E-state index is 13.6. The Labute approximate surface area is 120 Å². The van der Waals surface area contributed by atoms with Gasteiger partial charge in [0.2, 0.25) is 0 Å². The molecule has 0 heterocycles. The van der Waals surface area contributed by atoms with Gasteiger partial charge in [0.05, 0.1) is 11.3 Å². The van der Waals surface area contributed by atoms with E-state index in [9.17, 15) is 17.6 Å². The van der Waals surface area contributed by atoms with Gasteiger partial charge in [0.25, 0.3) is 0 Å². The Morgan fingerprint density at radius 3 is 2.14 bits per heavy atom. The minimum absolute atomic E-state index is 0.149. The number of benzene rings is 2. The topological polar surface area (TPSA) is 12.0 Å². The summed E-state index contributed by atoms with van der Waals surface area (Å²) >= 11 is 0. The molecule has 0 spiro atoms. The average Bonchev–Trinajstić information content (AvgIpc) is 2.35. The van der Waals surface area contributed by atoms with Crippen molar-refractivity contribution in [1.82, 2.24) is 0 Å². The van der Waals surface area contributed by atoms with E-state index in [1.165, 1.54) is 0 Å². The molecule has 0 aliphatic rings. The van der Waals surface area contributed by atoms with Crippen LogP contribution in [-0.2, 0) is 12.7 Å². The zero-order valence-corrected chi connectivity index (χ0v) is 11.7. The molecule has 0 fully saturated rings. The van der Waals surface area contributed by atoms with Crippen molar-refractivity contribution in [2.24, 2.45) is 0 Å². The summed E-state index contributed by atoms with van der Waals surface area (Å²) in [7, 11) is 0. The number of hydrogen-bond donors (Lipinski definition) is 1. The second-order valence-electron chi connectivity index (χ2n) is 5.04. The lowest BCUT2D eigenvalue weighted by atomic mass is 10.1. The van der Waals surface area contributed by atoms with Crippen LogP contribution >= 0.6 is 0 Å². The van der Waals surface area contributed by atoms with Crippen LogP contribution in [0.3, 0.4) is 0 Å². The molecule has 0 aliphatic carbocycles. The molecule has 0 aromatic heterocycles. The van der Waals surface area contributed by atoms with E-state index in [-0.39, 0.29) is 12.2 Å². The number of rotatable bonds is 3. The van der Waals surface area contributed by atoms with Crippen molar-refractivity contribution in [3.05, 3.63) is 64.5 Å². The van der Waals surface area contributed by atoms with Crippen molar-refractivity contribution in [3.63, 3.8) is 0 Å². The van der Waals surface area contributed by atoms with E-state index in [4.69, 9.17) is 0 Å². The van der Waals surface area contributed by atoms with Crippen LogP contribution in [0.25, 0.3) is 0 Å². The van der Waals surface area contributed by atoms with Gasteiger partial charge in [-0.25, -0.2) is 4.39 Å². The predicted molar refractivity (Wildman–Crippen MR) is 74.6 cm³/mol. The minimum atomic E-state index is -4.48. The Hall–Kier alpha value is -2.04. The van der Waals surface area contributed by atoms with Gasteiger partial charge in [0.1, 0.15) is 5.82 Å². The fourth-order valence-corrected chi connectivity index (χ4v) is 2.21. The third-order valence-electron chi connectivity index (χ3n) is 3.06. The monoisotopic (exact) mass is 297 g/mol. The van der Waals surface area contributed by atoms with Gasteiger partial charge in [-0.05, 0) is 37.6 Å². The molecule has 0 saturated heterocycles. The number of halogens is 4. The zero-order valence-electron chi connectivity index (χ0n) is 11.7. The smallest absolute Gasteiger partial charge is 0.379 e. The van der Waals surface area contributed by atoms with Gasteiger partial charge in [0, 0.05) is 6.54 Å².